The highest BCUT2D eigenvalue weighted by Gasteiger charge is 2.70. The molecular weight excluding hydrogens is 637 g/mol. The first-order valence-electron chi connectivity index (χ1n) is 16.0. The van der Waals surface area contributed by atoms with Crippen molar-refractivity contribution in [2.24, 2.45) is 28.6 Å². The first-order valence-corrected chi connectivity index (χ1v) is 18.8. The molecule has 0 bridgehead atoms. The Labute approximate surface area is 279 Å². The number of rotatable bonds is 6. The third-order valence-corrected chi connectivity index (χ3v) is 13.7. The van der Waals surface area contributed by atoms with Crippen molar-refractivity contribution in [2.45, 2.75) is 69.0 Å². The van der Waals surface area contributed by atoms with Crippen LogP contribution in [0.3, 0.4) is 0 Å². The maximum Gasteiger partial charge on any atom is 0.375 e. The van der Waals surface area contributed by atoms with Crippen molar-refractivity contribution in [1.29, 1.82) is 0 Å². The molecule has 7 rings (SSSR count). The quantitative estimate of drug-likeness (QED) is 0.266. The van der Waals surface area contributed by atoms with Gasteiger partial charge in [0.1, 0.15) is 0 Å². The van der Waals surface area contributed by atoms with Crippen LogP contribution in [-0.2, 0) is 25.8 Å². The third-order valence-electron chi connectivity index (χ3n) is 11.7. The summed E-state index contributed by atoms with van der Waals surface area (Å²) in [4.78, 5) is 27.6. The second kappa shape index (κ2) is 11.2. The molecule has 0 aliphatic heterocycles. The molecule has 0 radical (unpaired) electrons. The summed E-state index contributed by atoms with van der Waals surface area (Å²) >= 11 is 0.996. The highest BCUT2D eigenvalue weighted by Crippen LogP contribution is 2.69. The van der Waals surface area contributed by atoms with E-state index in [1.54, 1.807) is 30.3 Å². The molecule has 4 aliphatic rings. The standard InChI is InChI=1S/C36H38N2O7S2/c1-5-17-46-33(41)36(45-32(40)30-7-6-16-44-30)15-14-27-26-13-8-23-18-28-22(19-34(23,2)31(26)29(39)20-35(27,36)3)21-37-38(28)24-9-11-25(12-10-24)47(4,42)43/h1,6-7,9-12,16,18,21,26-27,29,31,39H,8,13-15,17,19-20H2,2-4H3/t26-,27-,29-,31+,34-,35-,36-/m0/s1. The van der Waals surface area contributed by atoms with E-state index in [-0.39, 0.29) is 44.7 Å². The second-order valence-electron chi connectivity index (χ2n) is 14.0. The molecule has 2 heterocycles. The maximum atomic E-state index is 14.0. The molecule has 1 aromatic carbocycles. The molecule has 3 saturated carbocycles. The van der Waals surface area contributed by atoms with Gasteiger partial charge in [-0.25, -0.2) is 17.9 Å². The Bertz CT molecular complexity index is 1920. The summed E-state index contributed by atoms with van der Waals surface area (Å²) in [7, 11) is -3.31. The number of aliphatic hydroxyl groups is 1. The Hall–Kier alpha value is -3.59. The van der Waals surface area contributed by atoms with Crippen LogP contribution in [-0.4, -0.2) is 58.1 Å². The van der Waals surface area contributed by atoms with Crippen LogP contribution in [0.1, 0.15) is 67.8 Å². The van der Waals surface area contributed by atoms with Gasteiger partial charge in [-0.05, 0) is 110 Å². The molecule has 3 aromatic rings. The molecule has 0 unspecified atom stereocenters. The molecule has 2 aromatic heterocycles. The predicted molar refractivity (Wildman–Crippen MR) is 177 cm³/mol. The van der Waals surface area contributed by atoms with Gasteiger partial charge in [-0.15, -0.1) is 6.42 Å². The van der Waals surface area contributed by atoms with E-state index in [1.807, 2.05) is 17.8 Å². The van der Waals surface area contributed by atoms with Gasteiger partial charge in [0.25, 0.3) is 0 Å². The predicted octanol–water partition coefficient (Wildman–Crippen LogP) is 5.51. The molecule has 0 spiro atoms. The van der Waals surface area contributed by atoms with Crippen molar-refractivity contribution in [3.8, 4) is 18.0 Å². The summed E-state index contributed by atoms with van der Waals surface area (Å²) in [6, 6.07) is 9.87. The first kappa shape index (κ1) is 32.0. The molecule has 7 atom stereocenters. The number of allylic oxidation sites excluding steroid dienone is 1. The van der Waals surface area contributed by atoms with Crippen LogP contribution in [0.4, 0.5) is 0 Å². The number of hydrogen-bond donors (Lipinski definition) is 1. The summed E-state index contributed by atoms with van der Waals surface area (Å²) in [5, 5.41) is 16.6. The molecule has 246 valence electrons. The van der Waals surface area contributed by atoms with Crippen LogP contribution in [0.25, 0.3) is 11.8 Å². The van der Waals surface area contributed by atoms with Crippen LogP contribution in [0.5, 0.6) is 0 Å². The van der Waals surface area contributed by atoms with E-state index in [9.17, 15) is 23.1 Å². The lowest BCUT2D eigenvalue weighted by Crippen LogP contribution is -2.62. The lowest BCUT2D eigenvalue weighted by Gasteiger charge is -2.60. The van der Waals surface area contributed by atoms with Gasteiger partial charge in [0, 0.05) is 11.7 Å². The number of thioether (sulfide) groups is 1. The number of benzene rings is 1. The Morgan fingerprint density at radius 3 is 2.66 bits per heavy atom. The molecule has 0 saturated heterocycles. The normalized spacial score (nSPS) is 32.6. The number of sulfone groups is 1. The van der Waals surface area contributed by atoms with Crippen molar-refractivity contribution in [2.75, 3.05) is 12.0 Å². The van der Waals surface area contributed by atoms with E-state index in [2.05, 4.69) is 18.9 Å². The van der Waals surface area contributed by atoms with Crippen molar-refractivity contribution < 1.29 is 32.3 Å². The number of aliphatic hydroxyl groups excluding tert-OH is 1. The van der Waals surface area contributed by atoms with Crippen LogP contribution in [0.2, 0.25) is 0 Å². The molecule has 47 heavy (non-hydrogen) atoms. The number of nitrogens with zero attached hydrogens (tertiary/aromatic N) is 2. The minimum Gasteiger partial charge on any atom is -0.457 e. The zero-order valence-electron chi connectivity index (χ0n) is 26.6. The summed E-state index contributed by atoms with van der Waals surface area (Å²) in [5.41, 5.74) is 1.51. The third kappa shape index (κ3) is 4.86. The van der Waals surface area contributed by atoms with Crippen molar-refractivity contribution in [3.63, 3.8) is 0 Å². The van der Waals surface area contributed by atoms with E-state index in [1.165, 1.54) is 24.2 Å². The Kier molecular flexibility index (Phi) is 7.65. The van der Waals surface area contributed by atoms with Crippen LogP contribution in [0, 0.1) is 40.9 Å². The number of ether oxygens (including phenoxy) is 1. The Balaban J connectivity index is 1.21. The van der Waals surface area contributed by atoms with E-state index in [0.717, 1.165) is 41.5 Å². The summed E-state index contributed by atoms with van der Waals surface area (Å²) in [5.74, 6) is 2.13. The van der Waals surface area contributed by atoms with Gasteiger partial charge >= 0.3 is 5.97 Å². The largest absolute Gasteiger partial charge is 0.457 e. The molecule has 9 nitrogen and oxygen atoms in total. The molecule has 4 aliphatic carbocycles. The lowest BCUT2D eigenvalue weighted by molar-refractivity contribution is -0.175. The van der Waals surface area contributed by atoms with Crippen LogP contribution < -0.4 is 0 Å². The molecule has 1 N–H and O–H groups in total. The first-order chi connectivity index (χ1) is 22.3. The second-order valence-corrected chi connectivity index (χ2v) is 17.0. The van der Waals surface area contributed by atoms with E-state index in [0.29, 0.717) is 25.7 Å². The Morgan fingerprint density at radius 1 is 1.21 bits per heavy atom. The summed E-state index contributed by atoms with van der Waals surface area (Å²) in [6.45, 7) is 4.26. The van der Waals surface area contributed by atoms with Gasteiger partial charge in [-0.1, -0.05) is 37.1 Å². The SMILES string of the molecule is C#CCSC(=O)[C@@]1(OC(=O)c2ccco2)CC[C@H]2[C@@H]3CCC4=Cc5c(cnn5-c5ccc(S(C)(=O)=O)cc5)C[C@]4(C)[C@H]3[C@@H](O)C[C@@]21C. The molecule has 3 fully saturated rings. The smallest absolute Gasteiger partial charge is 0.375 e. The molecule has 0 amide bonds. The van der Waals surface area contributed by atoms with Crippen LogP contribution in [0.15, 0.2) is 63.7 Å². The van der Waals surface area contributed by atoms with Crippen molar-refractivity contribution in [3.05, 3.63) is 71.4 Å². The number of furan rings is 1. The van der Waals surface area contributed by atoms with Crippen LogP contribution >= 0.6 is 11.8 Å². The fourth-order valence-electron chi connectivity index (χ4n) is 9.58. The van der Waals surface area contributed by atoms with Gasteiger partial charge in [-0.3, -0.25) is 4.79 Å². The minimum absolute atomic E-state index is 0.0326. The van der Waals surface area contributed by atoms with Gasteiger partial charge in [0.05, 0.1) is 40.6 Å². The number of fused-ring (bicyclic) bond motifs is 6. The minimum atomic E-state index is -3.31. The van der Waals surface area contributed by atoms with Gasteiger partial charge < -0.3 is 14.3 Å². The topological polar surface area (TPSA) is 129 Å². The maximum absolute atomic E-state index is 14.0. The number of carbonyl (C=O) groups is 2. The van der Waals surface area contributed by atoms with Crippen molar-refractivity contribution >= 4 is 38.8 Å². The van der Waals surface area contributed by atoms with E-state index in [4.69, 9.17) is 20.7 Å². The highest BCUT2D eigenvalue weighted by molar-refractivity contribution is 8.14. The molecule has 11 heteroatoms. The van der Waals surface area contributed by atoms with Gasteiger partial charge in [0.15, 0.2) is 15.4 Å². The monoisotopic (exact) mass is 674 g/mol. The van der Waals surface area contributed by atoms with Gasteiger partial charge in [0.2, 0.25) is 10.9 Å². The number of terminal acetylenes is 1. The average molecular weight is 675 g/mol. The number of carbonyl (C=O) groups excluding carboxylic acids is 2. The summed E-state index contributed by atoms with van der Waals surface area (Å²) in [6.07, 6.45) is 15.2. The average Bonchev–Trinajstić information content (AvgIpc) is 3.77. The van der Waals surface area contributed by atoms with E-state index >= 15 is 0 Å². The number of aromatic nitrogens is 2. The van der Waals surface area contributed by atoms with Gasteiger partial charge in [-0.2, -0.15) is 5.10 Å². The van der Waals surface area contributed by atoms with Crippen molar-refractivity contribution in [1.82, 2.24) is 9.78 Å². The number of esters is 1. The number of hydrogen-bond acceptors (Lipinski definition) is 9. The zero-order chi connectivity index (χ0) is 33.4. The zero-order valence-corrected chi connectivity index (χ0v) is 28.3. The Morgan fingerprint density at radius 2 is 1.98 bits per heavy atom. The lowest BCUT2D eigenvalue weighted by atomic mass is 9.45. The highest BCUT2D eigenvalue weighted by atomic mass is 32.2. The fraction of sp³-hybridized carbons (Fsp3) is 0.472. The fourth-order valence-corrected chi connectivity index (χ4v) is 11.0. The molecular formula is C36H38N2O7S2. The summed E-state index contributed by atoms with van der Waals surface area (Å²) < 4.78 is 37.4. The van der Waals surface area contributed by atoms with E-state index < -0.39 is 32.9 Å².